The summed E-state index contributed by atoms with van der Waals surface area (Å²) in [6.07, 6.45) is 0.198. The molecule has 19 heavy (non-hydrogen) atoms. The fourth-order valence-corrected chi connectivity index (χ4v) is 2.23. The maximum atomic E-state index is 5.95. The van der Waals surface area contributed by atoms with E-state index in [0.29, 0.717) is 6.61 Å². The highest BCUT2D eigenvalue weighted by Crippen LogP contribution is 2.29. The maximum Gasteiger partial charge on any atom is 0.145 e. The smallest absolute Gasteiger partial charge is 0.145 e. The summed E-state index contributed by atoms with van der Waals surface area (Å²) in [6.45, 7) is 6.55. The quantitative estimate of drug-likeness (QED) is 0.703. The fourth-order valence-electron chi connectivity index (χ4n) is 2.23. The lowest BCUT2D eigenvalue weighted by molar-refractivity contribution is 0.0554. The van der Waals surface area contributed by atoms with Gasteiger partial charge in [-0.05, 0) is 39.0 Å². The van der Waals surface area contributed by atoms with Gasteiger partial charge in [-0.3, -0.25) is 4.98 Å². The first-order valence-electron chi connectivity index (χ1n) is 6.54. The minimum Gasteiger partial charge on any atom is -0.458 e. The van der Waals surface area contributed by atoms with Crippen LogP contribution in [0.3, 0.4) is 0 Å². The highest BCUT2D eigenvalue weighted by molar-refractivity contribution is 6.03. The predicted octanol–water partition coefficient (Wildman–Crippen LogP) is 4.21. The molecule has 0 bridgehead atoms. The molecular weight excluding hydrogens is 238 g/mol. The first-order valence-corrected chi connectivity index (χ1v) is 6.54. The average Bonchev–Trinajstić information content (AvgIpc) is 2.81. The van der Waals surface area contributed by atoms with Gasteiger partial charge in [0.25, 0.3) is 0 Å². The molecule has 0 saturated heterocycles. The van der Waals surface area contributed by atoms with Crippen LogP contribution in [0, 0.1) is 6.92 Å². The lowest BCUT2D eigenvalue weighted by Gasteiger charge is -2.04. The van der Waals surface area contributed by atoms with Gasteiger partial charge in [-0.25, -0.2) is 0 Å². The van der Waals surface area contributed by atoms with Gasteiger partial charge in [-0.15, -0.1) is 0 Å². The summed E-state index contributed by atoms with van der Waals surface area (Å²) < 4.78 is 11.5. The molecule has 3 nitrogen and oxygen atoms in total. The summed E-state index contributed by atoms with van der Waals surface area (Å²) in [5, 5.41) is 2.12. The molecule has 1 aromatic carbocycles. The van der Waals surface area contributed by atoms with Crippen molar-refractivity contribution in [2.24, 2.45) is 0 Å². The van der Waals surface area contributed by atoms with Gasteiger partial charge in [0.1, 0.15) is 18.0 Å². The molecule has 3 rings (SSSR count). The topological polar surface area (TPSA) is 35.3 Å². The molecule has 0 radical (unpaired) electrons. The van der Waals surface area contributed by atoms with Crippen molar-refractivity contribution in [2.45, 2.75) is 33.5 Å². The van der Waals surface area contributed by atoms with Crippen LogP contribution >= 0.6 is 0 Å². The number of benzene rings is 1. The lowest BCUT2D eigenvalue weighted by atomic mass is 10.1. The zero-order chi connectivity index (χ0) is 13.4. The number of aromatic nitrogens is 1. The van der Waals surface area contributed by atoms with Crippen LogP contribution in [-0.4, -0.2) is 11.1 Å². The van der Waals surface area contributed by atoms with E-state index in [1.807, 2.05) is 51.1 Å². The third-order valence-corrected chi connectivity index (χ3v) is 3.17. The Hall–Kier alpha value is -1.87. The van der Waals surface area contributed by atoms with Crippen molar-refractivity contribution in [3.8, 4) is 0 Å². The summed E-state index contributed by atoms with van der Waals surface area (Å²) in [7, 11) is 0. The van der Waals surface area contributed by atoms with Crippen LogP contribution in [0.2, 0.25) is 0 Å². The van der Waals surface area contributed by atoms with Crippen LogP contribution in [0.4, 0.5) is 0 Å². The van der Waals surface area contributed by atoms with Gasteiger partial charge >= 0.3 is 0 Å². The number of nitrogens with zero attached hydrogens (tertiary/aromatic N) is 1. The van der Waals surface area contributed by atoms with Crippen molar-refractivity contribution in [2.75, 3.05) is 0 Å². The van der Waals surface area contributed by atoms with E-state index in [2.05, 4.69) is 4.98 Å². The Balaban J connectivity index is 2.15. The number of rotatable bonds is 3. The number of hydrogen-bond acceptors (Lipinski definition) is 3. The van der Waals surface area contributed by atoms with Crippen molar-refractivity contribution in [3.63, 3.8) is 0 Å². The first-order chi connectivity index (χ1) is 9.15. The molecule has 3 aromatic rings. The van der Waals surface area contributed by atoms with Crippen molar-refractivity contribution in [1.29, 1.82) is 0 Å². The number of aryl methyl sites for hydroxylation is 1. The molecule has 98 valence electrons. The van der Waals surface area contributed by atoms with Gasteiger partial charge < -0.3 is 9.15 Å². The molecule has 0 spiro atoms. The molecule has 2 heterocycles. The largest absolute Gasteiger partial charge is 0.458 e. The van der Waals surface area contributed by atoms with Crippen molar-refractivity contribution < 1.29 is 9.15 Å². The van der Waals surface area contributed by atoms with Crippen LogP contribution in [0.5, 0.6) is 0 Å². The van der Waals surface area contributed by atoms with Gasteiger partial charge in [0.05, 0.1) is 11.6 Å². The van der Waals surface area contributed by atoms with Crippen LogP contribution < -0.4 is 0 Å². The van der Waals surface area contributed by atoms with Gasteiger partial charge in [0.15, 0.2) is 0 Å². The third kappa shape index (κ3) is 2.22. The standard InChI is InChI=1S/C16H17NO2/c1-10(2)18-9-12-8-14-11(3)17-15-7-5-4-6-13(15)16(14)19-12/h4-8,10H,9H2,1-3H3. The number of ether oxygens (including phenoxy) is 1. The van der Waals surface area contributed by atoms with E-state index in [4.69, 9.17) is 9.15 Å². The molecule has 0 fully saturated rings. The maximum absolute atomic E-state index is 5.95. The Morgan fingerprint density at radius 1 is 1.21 bits per heavy atom. The minimum atomic E-state index is 0.198. The zero-order valence-electron chi connectivity index (χ0n) is 11.4. The monoisotopic (exact) mass is 255 g/mol. The summed E-state index contributed by atoms with van der Waals surface area (Å²) >= 11 is 0. The van der Waals surface area contributed by atoms with Gasteiger partial charge in [-0.1, -0.05) is 12.1 Å². The van der Waals surface area contributed by atoms with Crippen LogP contribution in [0.1, 0.15) is 25.3 Å². The molecule has 0 aliphatic carbocycles. The van der Waals surface area contributed by atoms with Crippen molar-refractivity contribution in [3.05, 3.63) is 41.8 Å². The molecule has 2 aromatic heterocycles. The normalized spacial score (nSPS) is 11.8. The molecule has 0 saturated carbocycles. The lowest BCUT2D eigenvalue weighted by Crippen LogP contribution is -2.01. The second-order valence-corrected chi connectivity index (χ2v) is 5.03. The van der Waals surface area contributed by atoms with Gasteiger partial charge in [0, 0.05) is 16.5 Å². The summed E-state index contributed by atoms with van der Waals surface area (Å²) in [5.41, 5.74) is 2.87. The zero-order valence-corrected chi connectivity index (χ0v) is 11.4. The summed E-state index contributed by atoms with van der Waals surface area (Å²) in [6, 6.07) is 10.1. The average molecular weight is 255 g/mol. The second-order valence-electron chi connectivity index (χ2n) is 5.03. The predicted molar refractivity (Wildman–Crippen MR) is 76.2 cm³/mol. The molecule has 0 atom stereocenters. The van der Waals surface area contributed by atoms with E-state index in [0.717, 1.165) is 33.3 Å². The summed E-state index contributed by atoms with van der Waals surface area (Å²) in [4.78, 5) is 4.61. The van der Waals surface area contributed by atoms with Crippen LogP contribution in [0.15, 0.2) is 34.7 Å². The molecule has 0 amide bonds. The SMILES string of the molecule is Cc1nc2ccccc2c2oc(COC(C)C)cc12. The number of fused-ring (bicyclic) bond motifs is 3. The molecule has 0 aliphatic heterocycles. The highest BCUT2D eigenvalue weighted by atomic mass is 16.5. The Bertz CT molecular complexity index is 728. The second kappa shape index (κ2) is 4.67. The Morgan fingerprint density at radius 2 is 2.00 bits per heavy atom. The number of furan rings is 1. The molecule has 0 unspecified atom stereocenters. The van der Waals surface area contributed by atoms with E-state index >= 15 is 0 Å². The summed E-state index contributed by atoms with van der Waals surface area (Å²) in [5.74, 6) is 0.852. The Labute approximate surface area is 112 Å². The number of para-hydroxylation sites is 1. The van der Waals surface area contributed by atoms with E-state index in [1.165, 1.54) is 0 Å². The van der Waals surface area contributed by atoms with E-state index in [9.17, 15) is 0 Å². The van der Waals surface area contributed by atoms with E-state index < -0.39 is 0 Å². The van der Waals surface area contributed by atoms with E-state index in [-0.39, 0.29) is 6.10 Å². The number of pyridine rings is 1. The van der Waals surface area contributed by atoms with Gasteiger partial charge in [-0.2, -0.15) is 0 Å². The fraction of sp³-hybridized carbons (Fsp3) is 0.312. The van der Waals surface area contributed by atoms with E-state index in [1.54, 1.807) is 0 Å². The molecular formula is C16H17NO2. The van der Waals surface area contributed by atoms with Crippen molar-refractivity contribution >= 4 is 21.9 Å². The molecule has 3 heteroatoms. The van der Waals surface area contributed by atoms with Crippen LogP contribution in [0.25, 0.3) is 21.9 Å². The Kier molecular flexibility index (Phi) is 2.99. The highest BCUT2D eigenvalue weighted by Gasteiger charge is 2.11. The van der Waals surface area contributed by atoms with Gasteiger partial charge in [0.2, 0.25) is 0 Å². The molecule has 0 N–H and O–H groups in total. The van der Waals surface area contributed by atoms with Crippen molar-refractivity contribution in [1.82, 2.24) is 4.98 Å². The minimum absolute atomic E-state index is 0.198. The molecule has 0 aliphatic rings. The van der Waals surface area contributed by atoms with Crippen LogP contribution in [-0.2, 0) is 11.3 Å². The third-order valence-electron chi connectivity index (χ3n) is 3.17. The number of hydrogen-bond donors (Lipinski definition) is 0. The first kappa shape index (κ1) is 12.2. The Morgan fingerprint density at radius 3 is 2.79 bits per heavy atom.